The van der Waals surface area contributed by atoms with Gasteiger partial charge in [0.25, 0.3) is 10.0 Å². The van der Waals surface area contributed by atoms with Crippen molar-refractivity contribution in [1.82, 2.24) is 3.71 Å². The molecule has 0 amide bonds. The Morgan fingerprint density at radius 3 is 2.26 bits per heavy atom. The van der Waals surface area contributed by atoms with Crippen LogP contribution in [-0.2, 0) is 19.6 Å². The first kappa shape index (κ1) is 21.4. The van der Waals surface area contributed by atoms with Crippen LogP contribution in [0.3, 0.4) is 0 Å². The number of halogens is 5. The number of esters is 1. The average Bonchev–Trinajstić information content (AvgIpc) is 2.46. The number of rotatable bonds is 7. The number of hydrogen-bond donors (Lipinski definition) is 0. The van der Waals surface area contributed by atoms with Crippen LogP contribution in [0.1, 0.15) is 0 Å². The van der Waals surface area contributed by atoms with Crippen LogP contribution in [-0.4, -0.2) is 40.3 Å². The van der Waals surface area contributed by atoms with Crippen molar-refractivity contribution in [3.8, 4) is 0 Å². The summed E-state index contributed by atoms with van der Waals surface area (Å²) in [5.74, 6) is -0.820. The number of methoxy groups -OCH3 is 1. The molecule has 0 fully saturated rings. The van der Waals surface area contributed by atoms with Gasteiger partial charge in [-0.25, -0.2) is 8.42 Å². The number of benzene rings is 1. The molecule has 0 aliphatic heterocycles. The van der Waals surface area contributed by atoms with Crippen molar-refractivity contribution in [2.75, 3.05) is 13.7 Å². The second-order valence-corrected chi connectivity index (χ2v) is 10.7. The standard InChI is InChI=1S/C11H10Cl5NO4S2/c1-21-9(18)6-17(22-11(15,16)10(13)14)23(19,20)8-4-2-7(12)3-5-8/h2-5,10H,6H2,1H3. The molecular weight excluding hydrogens is 452 g/mol. The van der Waals surface area contributed by atoms with E-state index in [1.165, 1.54) is 24.3 Å². The Labute approximate surface area is 163 Å². The Balaban J connectivity index is 3.21. The molecule has 130 valence electrons. The number of sulfonamides is 1. The molecule has 0 atom stereocenters. The lowest BCUT2D eigenvalue weighted by molar-refractivity contribution is -0.140. The highest BCUT2D eigenvalue weighted by molar-refractivity contribution is 8.11. The molecule has 1 aromatic rings. The highest BCUT2D eigenvalue weighted by Gasteiger charge is 2.41. The van der Waals surface area contributed by atoms with Crippen molar-refractivity contribution < 1.29 is 17.9 Å². The molecule has 0 saturated heterocycles. The van der Waals surface area contributed by atoms with Crippen molar-refractivity contribution >= 4 is 85.9 Å². The molecule has 0 aliphatic carbocycles. The summed E-state index contributed by atoms with van der Waals surface area (Å²) < 4.78 is 28.5. The Kier molecular flexibility index (Phi) is 8.08. The highest BCUT2D eigenvalue weighted by Crippen LogP contribution is 2.45. The minimum atomic E-state index is -4.14. The molecule has 5 nitrogen and oxygen atoms in total. The molecule has 0 spiro atoms. The largest absolute Gasteiger partial charge is 0.468 e. The second-order valence-electron chi connectivity index (χ2n) is 3.95. The van der Waals surface area contributed by atoms with E-state index in [2.05, 4.69) is 4.74 Å². The van der Waals surface area contributed by atoms with Crippen molar-refractivity contribution in [3.63, 3.8) is 0 Å². The lowest BCUT2D eigenvalue weighted by Crippen LogP contribution is -2.35. The number of ether oxygens (including phenoxy) is 1. The van der Waals surface area contributed by atoms with Crippen molar-refractivity contribution in [1.29, 1.82) is 0 Å². The fourth-order valence-corrected chi connectivity index (χ4v) is 4.86. The van der Waals surface area contributed by atoms with Crippen LogP contribution in [0.25, 0.3) is 0 Å². The second kappa shape index (κ2) is 8.67. The summed E-state index contributed by atoms with van der Waals surface area (Å²) >= 11 is 29.2. The van der Waals surface area contributed by atoms with Gasteiger partial charge in [0, 0.05) is 5.02 Å². The quantitative estimate of drug-likeness (QED) is 0.348. The average molecular weight is 462 g/mol. The van der Waals surface area contributed by atoms with E-state index in [-0.39, 0.29) is 4.90 Å². The van der Waals surface area contributed by atoms with Crippen LogP contribution in [0, 0.1) is 0 Å². The van der Waals surface area contributed by atoms with Crippen molar-refractivity contribution in [3.05, 3.63) is 29.3 Å². The number of alkyl halides is 4. The van der Waals surface area contributed by atoms with Gasteiger partial charge in [-0.1, -0.05) is 34.8 Å². The summed E-state index contributed by atoms with van der Waals surface area (Å²) in [6.45, 7) is -0.645. The highest BCUT2D eigenvalue weighted by atomic mass is 35.5. The first-order chi connectivity index (χ1) is 10.5. The van der Waals surface area contributed by atoms with Gasteiger partial charge in [0.15, 0.2) is 4.84 Å². The van der Waals surface area contributed by atoms with E-state index in [1.54, 1.807) is 0 Å². The zero-order valence-corrected chi connectivity index (χ0v) is 16.8. The molecular formula is C11H10Cl5NO4S2. The zero-order valence-electron chi connectivity index (χ0n) is 11.4. The lowest BCUT2D eigenvalue weighted by Gasteiger charge is -2.27. The van der Waals surface area contributed by atoms with Crippen LogP contribution in [0.15, 0.2) is 29.2 Å². The van der Waals surface area contributed by atoms with Gasteiger partial charge >= 0.3 is 5.97 Å². The van der Waals surface area contributed by atoms with E-state index in [0.29, 0.717) is 20.7 Å². The van der Waals surface area contributed by atoms with Gasteiger partial charge in [-0.15, -0.1) is 26.9 Å². The molecule has 0 unspecified atom stereocenters. The summed E-state index contributed by atoms with van der Waals surface area (Å²) in [4.78, 5) is 10.1. The zero-order chi connectivity index (χ0) is 17.8. The van der Waals surface area contributed by atoms with Crippen LogP contribution < -0.4 is 0 Å². The number of carbonyl (C=O) groups is 1. The molecule has 0 heterocycles. The summed E-state index contributed by atoms with van der Waals surface area (Å²) in [5.41, 5.74) is 0. The third-order valence-electron chi connectivity index (χ3n) is 2.34. The van der Waals surface area contributed by atoms with Gasteiger partial charge in [0.1, 0.15) is 6.54 Å². The fraction of sp³-hybridized carbons (Fsp3) is 0.364. The Morgan fingerprint density at radius 2 is 1.83 bits per heavy atom. The first-order valence-corrected chi connectivity index (χ1v) is 9.93. The van der Waals surface area contributed by atoms with Gasteiger partial charge in [-0.2, -0.15) is 0 Å². The maximum absolute atomic E-state index is 12.6. The van der Waals surface area contributed by atoms with Gasteiger partial charge in [0.2, 0.25) is 3.67 Å². The molecule has 0 N–H and O–H groups in total. The molecule has 12 heteroatoms. The number of nitrogens with zero attached hydrogens (tertiary/aromatic N) is 1. The first-order valence-electron chi connectivity index (χ1n) is 5.71. The van der Waals surface area contributed by atoms with Gasteiger partial charge < -0.3 is 4.74 Å². The van der Waals surface area contributed by atoms with Gasteiger partial charge in [-0.3, -0.25) is 4.79 Å². The number of hydrogen-bond acceptors (Lipinski definition) is 5. The van der Waals surface area contributed by atoms with Crippen LogP contribution >= 0.6 is 70.0 Å². The van der Waals surface area contributed by atoms with Crippen molar-refractivity contribution in [2.24, 2.45) is 0 Å². The molecule has 1 aromatic carbocycles. The van der Waals surface area contributed by atoms with E-state index in [1.807, 2.05) is 0 Å². The summed E-state index contributed by atoms with van der Waals surface area (Å²) in [7, 11) is -3.03. The van der Waals surface area contributed by atoms with E-state index in [9.17, 15) is 13.2 Å². The summed E-state index contributed by atoms with van der Waals surface area (Å²) in [6, 6.07) is 5.31. The Hall–Kier alpha value is 0.400. The van der Waals surface area contributed by atoms with Gasteiger partial charge in [-0.05, 0) is 36.2 Å². The molecule has 0 radical (unpaired) electrons. The molecule has 23 heavy (non-hydrogen) atoms. The third kappa shape index (κ3) is 6.01. The van der Waals surface area contributed by atoms with E-state index >= 15 is 0 Å². The molecule has 1 rings (SSSR count). The predicted octanol–water partition coefficient (Wildman–Crippen LogP) is 4.09. The van der Waals surface area contributed by atoms with E-state index < -0.39 is 31.0 Å². The van der Waals surface area contributed by atoms with Gasteiger partial charge in [0.05, 0.1) is 12.0 Å². The SMILES string of the molecule is COC(=O)CN(SC(Cl)(Cl)C(Cl)Cl)S(=O)(=O)c1ccc(Cl)cc1. The third-order valence-corrected chi connectivity index (χ3v) is 7.96. The maximum atomic E-state index is 12.6. The predicted molar refractivity (Wildman–Crippen MR) is 94.9 cm³/mol. The van der Waals surface area contributed by atoms with Crippen molar-refractivity contribution in [2.45, 2.75) is 13.4 Å². The topological polar surface area (TPSA) is 63.7 Å². The maximum Gasteiger partial charge on any atom is 0.322 e. The monoisotopic (exact) mass is 459 g/mol. The Bertz CT molecular complexity index is 651. The molecule has 0 aliphatic rings. The minimum absolute atomic E-state index is 0.122. The van der Waals surface area contributed by atoms with E-state index in [4.69, 9.17) is 58.0 Å². The summed E-state index contributed by atoms with van der Waals surface area (Å²) in [6.07, 6.45) is 0. The van der Waals surface area contributed by atoms with Crippen LogP contribution in [0.5, 0.6) is 0 Å². The van der Waals surface area contributed by atoms with Crippen LogP contribution in [0.2, 0.25) is 5.02 Å². The number of carbonyl (C=O) groups excluding carboxylic acids is 1. The molecule has 0 bridgehead atoms. The fourth-order valence-electron chi connectivity index (χ4n) is 1.24. The molecule has 0 aromatic heterocycles. The Morgan fingerprint density at radius 1 is 1.30 bits per heavy atom. The lowest BCUT2D eigenvalue weighted by atomic mass is 10.4. The minimum Gasteiger partial charge on any atom is -0.468 e. The van der Waals surface area contributed by atoms with E-state index in [0.717, 1.165) is 7.11 Å². The summed E-state index contributed by atoms with van der Waals surface area (Å²) in [5, 5.41) is 0.349. The van der Waals surface area contributed by atoms with Crippen LogP contribution in [0.4, 0.5) is 0 Å². The smallest absolute Gasteiger partial charge is 0.322 e. The normalized spacial score (nSPS) is 12.7. The molecule has 0 saturated carbocycles.